The van der Waals surface area contributed by atoms with Gasteiger partial charge >= 0.3 is 0 Å². The highest BCUT2D eigenvalue weighted by Crippen LogP contribution is 2.03. The van der Waals surface area contributed by atoms with E-state index in [9.17, 15) is 0 Å². The van der Waals surface area contributed by atoms with Crippen LogP contribution in [0.5, 0.6) is 0 Å². The summed E-state index contributed by atoms with van der Waals surface area (Å²) in [7, 11) is 0. The van der Waals surface area contributed by atoms with Gasteiger partial charge in [0.15, 0.2) is 0 Å². The van der Waals surface area contributed by atoms with E-state index in [1.165, 1.54) is 6.42 Å². The van der Waals surface area contributed by atoms with Crippen LogP contribution in [-0.2, 0) is 4.74 Å². The number of nitrogens with zero attached hydrogens (tertiary/aromatic N) is 1. The van der Waals surface area contributed by atoms with Crippen LogP contribution in [0.2, 0.25) is 0 Å². The normalized spacial score (nSPS) is 23.4. The molecule has 0 bridgehead atoms. The molecule has 0 aromatic carbocycles. The second-order valence-corrected chi connectivity index (χ2v) is 4.21. The summed E-state index contributed by atoms with van der Waals surface area (Å²) in [4.78, 5) is 2.50. The van der Waals surface area contributed by atoms with Crippen molar-refractivity contribution >= 4 is 0 Å². The lowest BCUT2D eigenvalue weighted by Gasteiger charge is -2.33. The largest absolute Gasteiger partial charge is 0.379 e. The second kappa shape index (κ2) is 6.38. The average Bonchev–Trinajstić information content (AvgIpc) is 2.26. The van der Waals surface area contributed by atoms with E-state index in [1.807, 2.05) is 0 Å². The summed E-state index contributed by atoms with van der Waals surface area (Å²) >= 11 is 0. The summed E-state index contributed by atoms with van der Waals surface area (Å²) in [5, 5.41) is 3.55. The summed E-state index contributed by atoms with van der Waals surface area (Å²) in [6.07, 6.45) is 1.20. The smallest absolute Gasteiger partial charge is 0.0594 e. The first-order valence-corrected chi connectivity index (χ1v) is 5.79. The molecule has 1 N–H and O–H groups in total. The average molecular weight is 200 g/mol. The first-order chi connectivity index (χ1) is 6.74. The Balaban J connectivity index is 2.16. The molecule has 0 spiro atoms. The van der Waals surface area contributed by atoms with Gasteiger partial charge in [-0.2, -0.15) is 0 Å². The molecular weight excluding hydrogens is 176 g/mol. The van der Waals surface area contributed by atoms with Gasteiger partial charge in [0.1, 0.15) is 0 Å². The molecule has 1 saturated heterocycles. The van der Waals surface area contributed by atoms with Crippen molar-refractivity contribution in [3.8, 4) is 0 Å². The minimum Gasteiger partial charge on any atom is -0.379 e. The Morgan fingerprint density at radius 3 is 2.50 bits per heavy atom. The quantitative estimate of drug-likeness (QED) is 0.719. The molecule has 1 aliphatic heterocycles. The fourth-order valence-electron chi connectivity index (χ4n) is 1.66. The lowest BCUT2D eigenvalue weighted by Crippen LogP contribution is -2.47. The van der Waals surface area contributed by atoms with E-state index in [-0.39, 0.29) is 0 Å². The van der Waals surface area contributed by atoms with Crippen LogP contribution in [0.1, 0.15) is 27.2 Å². The number of hydrogen-bond acceptors (Lipinski definition) is 3. The van der Waals surface area contributed by atoms with Crippen molar-refractivity contribution in [1.82, 2.24) is 10.2 Å². The minimum absolute atomic E-state index is 0.632. The highest BCUT2D eigenvalue weighted by atomic mass is 16.5. The van der Waals surface area contributed by atoms with Gasteiger partial charge in [0.2, 0.25) is 0 Å². The maximum atomic E-state index is 5.33. The first kappa shape index (κ1) is 12.0. The lowest BCUT2D eigenvalue weighted by molar-refractivity contribution is 0.0200. The van der Waals surface area contributed by atoms with Crippen LogP contribution in [0, 0.1) is 0 Å². The van der Waals surface area contributed by atoms with Crippen molar-refractivity contribution in [3.63, 3.8) is 0 Å². The van der Waals surface area contributed by atoms with Gasteiger partial charge in [-0.15, -0.1) is 0 Å². The molecule has 2 atom stereocenters. The number of nitrogens with one attached hydrogen (secondary N) is 1. The Bertz CT molecular complexity index is 146. The molecule has 0 amide bonds. The van der Waals surface area contributed by atoms with Crippen LogP contribution in [0.25, 0.3) is 0 Å². The van der Waals surface area contributed by atoms with Crippen molar-refractivity contribution in [2.45, 2.75) is 39.3 Å². The van der Waals surface area contributed by atoms with Crippen LogP contribution in [0.15, 0.2) is 0 Å². The van der Waals surface area contributed by atoms with E-state index >= 15 is 0 Å². The zero-order valence-corrected chi connectivity index (χ0v) is 9.75. The maximum absolute atomic E-state index is 5.33. The zero-order chi connectivity index (χ0) is 10.4. The molecule has 3 heteroatoms. The molecule has 0 aromatic rings. The molecule has 0 aliphatic carbocycles. The molecule has 0 radical (unpaired) electrons. The van der Waals surface area contributed by atoms with E-state index in [1.54, 1.807) is 0 Å². The minimum atomic E-state index is 0.632. The fourth-order valence-corrected chi connectivity index (χ4v) is 1.66. The molecule has 14 heavy (non-hydrogen) atoms. The van der Waals surface area contributed by atoms with E-state index in [0.717, 1.165) is 32.8 Å². The van der Waals surface area contributed by atoms with Gasteiger partial charge in [0.25, 0.3) is 0 Å². The Labute approximate surface area is 87.8 Å². The highest BCUT2D eigenvalue weighted by Gasteiger charge is 2.16. The van der Waals surface area contributed by atoms with Crippen molar-refractivity contribution in [2.75, 3.05) is 32.8 Å². The molecule has 0 aromatic heterocycles. The number of hydrogen-bond donors (Lipinski definition) is 1. The molecule has 3 nitrogen and oxygen atoms in total. The monoisotopic (exact) mass is 200 g/mol. The van der Waals surface area contributed by atoms with Gasteiger partial charge in [-0.05, 0) is 20.3 Å². The Morgan fingerprint density at radius 2 is 1.93 bits per heavy atom. The molecule has 1 heterocycles. The van der Waals surface area contributed by atoms with Gasteiger partial charge in [-0.1, -0.05) is 6.92 Å². The van der Waals surface area contributed by atoms with Crippen LogP contribution in [-0.4, -0.2) is 49.8 Å². The molecular formula is C11H24N2O. The summed E-state index contributed by atoms with van der Waals surface area (Å²) < 4.78 is 5.33. The second-order valence-electron chi connectivity index (χ2n) is 4.21. The van der Waals surface area contributed by atoms with Crippen molar-refractivity contribution in [1.29, 1.82) is 0 Å². The standard InChI is InChI=1S/C11H24N2O/c1-4-10(2)12-9-11(3)13-5-7-14-8-6-13/h10-12H,4-9H2,1-3H3. The van der Waals surface area contributed by atoms with Crippen molar-refractivity contribution < 1.29 is 4.74 Å². The molecule has 0 saturated carbocycles. The first-order valence-electron chi connectivity index (χ1n) is 5.79. The van der Waals surface area contributed by atoms with E-state index in [4.69, 9.17) is 4.74 Å². The molecule has 1 fully saturated rings. The number of morpholine rings is 1. The molecule has 84 valence electrons. The predicted molar refractivity (Wildman–Crippen MR) is 59.6 cm³/mol. The van der Waals surface area contributed by atoms with E-state index in [0.29, 0.717) is 12.1 Å². The maximum Gasteiger partial charge on any atom is 0.0594 e. The number of rotatable bonds is 5. The summed E-state index contributed by atoms with van der Waals surface area (Å²) in [6, 6.07) is 1.27. The van der Waals surface area contributed by atoms with Gasteiger partial charge < -0.3 is 10.1 Å². The molecule has 1 aliphatic rings. The number of ether oxygens (including phenoxy) is 1. The SMILES string of the molecule is CCC(C)NCC(C)N1CCOCC1. The highest BCUT2D eigenvalue weighted by molar-refractivity contribution is 4.73. The summed E-state index contributed by atoms with van der Waals surface area (Å²) in [5.41, 5.74) is 0. The Hall–Kier alpha value is -0.120. The van der Waals surface area contributed by atoms with Gasteiger partial charge in [0.05, 0.1) is 13.2 Å². The van der Waals surface area contributed by atoms with Crippen LogP contribution in [0.3, 0.4) is 0 Å². The molecule has 2 unspecified atom stereocenters. The van der Waals surface area contributed by atoms with E-state index in [2.05, 4.69) is 31.0 Å². The van der Waals surface area contributed by atoms with E-state index < -0.39 is 0 Å². The van der Waals surface area contributed by atoms with Crippen LogP contribution < -0.4 is 5.32 Å². The van der Waals surface area contributed by atoms with Crippen molar-refractivity contribution in [3.05, 3.63) is 0 Å². The van der Waals surface area contributed by atoms with Crippen molar-refractivity contribution in [2.24, 2.45) is 0 Å². The van der Waals surface area contributed by atoms with Gasteiger partial charge in [-0.3, -0.25) is 4.90 Å². The lowest BCUT2D eigenvalue weighted by atomic mass is 10.2. The van der Waals surface area contributed by atoms with Crippen LogP contribution in [0.4, 0.5) is 0 Å². The van der Waals surface area contributed by atoms with Gasteiger partial charge in [0, 0.05) is 31.7 Å². The summed E-state index contributed by atoms with van der Waals surface area (Å²) in [5.74, 6) is 0. The topological polar surface area (TPSA) is 24.5 Å². The fraction of sp³-hybridized carbons (Fsp3) is 1.00. The third-order valence-electron chi connectivity index (χ3n) is 3.04. The Morgan fingerprint density at radius 1 is 1.29 bits per heavy atom. The summed E-state index contributed by atoms with van der Waals surface area (Å²) in [6.45, 7) is 11.8. The van der Waals surface area contributed by atoms with Crippen LogP contribution >= 0.6 is 0 Å². The third-order valence-corrected chi connectivity index (χ3v) is 3.04. The molecule has 1 rings (SSSR count). The van der Waals surface area contributed by atoms with Gasteiger partial charge in [-0.25, -0.2) is 0 Å². The predicted octanol–water partition coefficient (Wildman–Crippen LogP) is 1.10. The zero-order valence-electron chi connectivity index (χ0n) is 9.75. The third kappa shape index (κ3) is 3.95. The Kier molecular flexibility index (Phi) is 5.45.